The van der Waals surface area contributed by atoms with E-state index in [4.69, 9.17) is 4.74 Å². The molecule has 1 rings (SSSR count). The van der Waals surface area contributed by atoms with E-state index < -0.39 is 5.97 Å². The molecule has 0 saturated heterocycles. The Balaban J connectivity index is 3.16. The minimum absolute atomic E-state index is 0.241. The number of benzene rings is 1. The Kier molecular flexibility index (Phi) is 3.88. The van der Waals surface area contributed by atoms with Gasteiger partial charge in [-0.25, -0.2) is 4.79 Å². The number of hydrogen-bond donors (Lipinski definition) is 1. The van der Waals surface area contributed by atoms with Crippen molar-refractivity contribution in [1.82, 2.24) is 5.32 Å². The maximum Gasteiger partial charge on any atom is 0.341 e. The van der Waals surface area contributed by atoms with Crippen LogP contribution in [0.15, 0.2) is 18.2 Å². The molecule has 86 valence electrons. The Morgan fingerprint density at radius 1 is 1.25 bits per heavy atom. The lowest BCUT2D eigenvalue weighted by molar-refractivity contribution is 0.0596. The molecule has 0 aromatic heterocycles. The number of ether oxygens (including phenoxy) is 2. The van der Waals surface area contributed by atoms with Crippen LogP contribution in [0, 0.1) is 0 Å². The first kappa shape index (κ1) is 12.0. The molecular formula is C11H13NO4. The molecule has 1 amide bonds. The van der Waals surface area contributed by atoms with Crippen LogP contribution in [0.2, 0.25) is 0 Å². The second-order valence-corrected chi connectivity index (χ2v) is 2.99. The highest BCUT2D eigenvalue weighted by Crippen LogP contribution is 2.20. The predicted molar refractivity (Wildman–Crippen MR) is 57.7 cm³/mol. The smallest absolute Gasteiger partial charge is 0.341 e. The summed E-state index contributed by atoms with van der Waals surface area (Å²) in [4.78, 5) is 22.7. The first-order valence-corrected chi connectivity index (χ1v) is 4.62. The second-order valence-electron chi connectivity index (χ2n) is 2.99. The van der Waals surface area contributed by atoms with Gasteiger partial charge in [0.15, 0.2) is 0 Å². The molecule has 1 aromatic carbocycles. The number of esters is 1. The first-order chi connectivity index (χ1) is 7.63. The van der Waals surface area contributed by atoms with Gasteiger partial charge in [0.05, 0.1) is 14.2 Å². The van der Waals surface area contributed by atoms with Crippen molar-refractivity contribution in [3.05, 3.63) is 29.3 Å². The average Bonchev–Trinajstić information content (AvgIpc) is 2.35. The number of amides is 1. The van der Waals surface area contributed by atoms with Crippen molar-refractivity contribution in [2.45, 2.75) is 0 Å². The van der Waals surface area contributed by atoms with Gasteiger partial charge in [0, 0.05) is 12.6 Å². The summed E-state index contributed by atoms with van der Waals surface area (Å²) in [5.74, 6) is -0.428. The van der Waals surface area contributed by atoms with E-state index in [9.17, 15) is 9.59 Å². The van der Waals surface area contributed by atoms with Gasteiger partial charge in [0.25, 0.3) is 5.91 Å². The molecule has 0 saturated carbocycles. The second kappa shape index (κ2) is 5.16. The van der Waals surface area contributed by atoms with Crippen LogP contribution >= 0.6 is 0 Å². The average molecular weight is 223 g/mol. The standard InChI is InChI=1S/C11H13NO4/c1-12-10(13)7-4-5-8(11(14)16-3)9(6-7)15-2/h4-6H,1-3H3,(H,12,13). The molecule has 5 nitrogen and oxygen atoms in total. The fourth-order valence-electron chi connectivity index (χ4n) is 1.26. The van der Waals surface area contributed by atoms with E-state index in [1.165, 1.54) is 39.5 Å². The van der Waals surface area contributed by atoms with E-state index >= 15 is 0 Å². The van der Waals surface area contributed by atoms with Gasteiger partial charge >= 0.3 is 5.97 Å². The maximum absolute atomic E-state index is 11.3. The van der Waals surface area contributed by atoms with Gasteiger partial charge in [0.1, 0.15) is 11.3 Å². The van der Waals surface area contributed by atoms with Crippen molar-refractivity contribution in [3.8, 4) is 5.75 Å². The first-order valence-electron chi connectivity index (χ1n) is 4.62. The summed E-state index contributed by atoms with van der Waals surface area (Å²) in [7, 11) is 4.24. The number of nitrogens with one attached hydrogen (secondary N) is 1. The summed E-state index contributed by atoms with van der Waals surface area (Å²) >= 11 is 0. The largest absolute Gasteiger partial charge is 0.496 e. The zero-order valence-corrected chi connectivity index (χ0v) is 9.37. The summed E-state index contributed by atoms with van der Waals surface area (Å²) in [6.07, 6.45) is 0. The molecule has 0 aliphatic carbocycles. The van der Waals surface area contributed by atoms with Crippen LogP contribution in [-0.4, -0.2) is 33.1 Å². The van der Waals surface area contributed by atoms with E-state index in [1.54, 1.807) is 0 Å². The molecule has 16 heavy (non-hydrogen) atoms. The van der Waals surface area contributed by atoms with Crippen molar-refractivity contribution in [3.63, 3.8) is 0 Å². The third-order valence-corrected chi connectivity index (χ3v) is 2.10. The highest BCUT2D eigenvalue weighted by Gasteiger charge is 2.14. The van der Waals surface area contributed by atoms with Gasteiger partial charge in [0.2, 0.25) is 0 Å². The number of hydrogen-bond acceptors (Lipinski definition) is 4. The summed E-state index contributed by atoms with van der Waals surface area (Å²) < 4.78 is 9.61. The molecule has 0 spiro atoms. The molecule has 0 aliphatic rings. The van der Waals surface area contributed by atoms with E-state index in [-0.39, 0.29) is 11.5 Å². The predicted octanol–water partition coefficient (Wildman–Crippen LogP) is 0.841. The SMILES string of the molecule is CNC(=O)c1ccc(C(=O)OC)c(OC)c1. The van der Waals surface area contributed by atoms with Gasteiger partial charge in [-0.05, 0) is 18.2 Å². The monoisotopic (exact) mass is 223 g/mol. The Morgan fingerprint density at radius 3 is 2.44 bits per heavy atom. The molecule has 0 fully saturated rings. The van der Waals surface area contributed by atoms with Crippen LogP contribution in [-0.2, 0) is 4.74 Å². The normalized spacial score (nSPS) is 9.44. The van der Waals surface area contributed by atoms with Crippen molar-refractivity contribution < 1.29 is 19.1 Å². The third kappa shape index (κ3) is 2.31. The van der Waals surface area contributed by atoms with Crippen LogP contribution in [0.25, 0.3) is 0 Å². The Hall–Kier alpha value is -2.04. The topological polar surface area (TPSA) is 64.6 Å². The fraction of sp³-hybridized carbons (Fsp3) is 0.273. The Bertz CT molecular complexity index is 414. The van der Waals surface area contributed by atoms with E-state index in [1.807, 2.05) is 0 Å². The minimum atomic E-state index is -0.500. The molecule has 1 N–H and O–H groups in total. The number of carbonyl (C=O) groups is 2. The summed E-state index contributed by atoms with van der Waals surface area (Å²) in [6.45, 7) is 0. The molecule has 0 unspecified atom stereocenters. The van der Waals surface area contributed by atoms with Crippen LogP contribution in [0.5, 0.6) is 5.75 Å². The maximum atomic E-state index is 11.3. The molecule has 0 heterocycles. The lowest BCUT2D eigenvalue weighted by Gasteiger charge is -2.08. The summed E-state index contributed by atoms with van der Waals surface area (Å²) in [5, 5.41) is 2.48. The van der Waals surface area contributed by atoms with Gasteiger partial charge in [-0.3, -0.25) is 4.79 Å². The molecule has 0 bridgehead atoms. The highest BCUT2D eigenvalue weighted by molar-refractivity contribution is 5.98. The van der Waals surface area contributed by atoms with Crippen molar-refractivity contribution in [1.29, 1.82) is 0 Å². The van der Waals surface area contributed by atoms with E-state index in [0.29, 0.717) is 11.3 Å². The Labute approximate surface area is 93.4 Å². The third-order valence-electron chi connectivity index (χ3n) is 2.10. The van der Waals surface area contributed by atoms with Gasteiger partial charge in [-0.2, -0.15) is 0 Å². The lowest BCUT2D eigenvalue weighted by atomic mass is 10.1. The Morgan fingerprint density at radius 2 is 1.94 bits per heavy atom. The summed E-state index contributed by atoms with van der Waals surface area (Å²) in [6, 6.07) is 4.52. The van der Waals surface area contributed by atoms with Crippen molar-refractivity contribution >= 4 is 11.9 Å². The van der Waals surface area contributed by atoms with Gasteiger partial charge in [-0.1, -0.05) is 0 Å². The molecule has 5 heteroatoms. The molecular weight excluding hydrogens is 210 g/mol. The molecule has 1 aromatic rings. The van der Waals surface area contributed by atoms with E-state index in [0.717, 1.165) is 0 Å². The van der Waals surface area contributed by atoms with Gasteiger partial charge in [-0.15, -0.1) is 0 Å². The quantitative estimate of drug-likeness (QED) is 0.771. The van der Waals surface area contributed by atoms with Crippen LogP contribution in [0.3, 0.4) is 0 Å². The molecule has 0 atom stereocenters. The van der Waals surface area contributed by atoms with Crippen LogP contribution in [0.1, 0.15) is 20.7 Å². The summed E-state index contributed by atoms with van der Waals surface area (Å²) in [5.41, 5.74) is 0.713. The zero-order chi connectivity index (χ0) is 12.1. The zero-order valence-electron chi connectivity index (χ0n) is 9.37. The van der Waals surface area contributed by atoms with Crippen molar-refractivity contribution in [2.24, 2.45) is 0 Å². The van der Waals surface area contributed by atoms with Crippen LogP contribution in [0.4, 0.5) is 0 Å². The number of rotatable bonds is 3. The highest BCUT2D eigenvalue weighted by atomic mass is 16.5. The number of carbonyl (C=O) groups excluding carboxylic acids is 2. The van der Waals surface area contributed by atoms with Gasteiger partial charge < -0.3 is 14.8 Å². The van der Waals surface area contributed by atoms with Crippen molar-refractivity contribution in [2.75, 3.05) is 21.3 Å². The minimum Gasteiger partial charge on any atom is -0.496 e. The number of methoxy groups -OCH3 is 2. The lowest BCUT2D eigenvalue weighted by Crippen LogP contribution is -2.18. The molecule has 0 radical (unpaired) electrons. The fourth-order valence-corrected chi connectivity index (χ4v) is 1.26. The molecule has 0 aliphatic heterocycles. The van der Waals surface area contributed by atoms with E-state index in [2.05, 4.69) is 10.1 Å². The van der Waals surface area contributed by atoms with Crippen LogP contribution < -0.4 is 10.1 Å².